The zero-order valence-corrected chi connectivity index (χ0v) is 17.4. The molecule has 0 spiro atoms. The van der Waals surface area contributed by atoms with Crippen LogP contribution in [0.5, 0.6) is 0 Å². The van der Waals surface area contributed by atoms with Crippen molar-refractivity contribution in [3.8, 4) is 11.3 Å². The number of aromatic nitrogens is 2. The summed E-state index contributed by atoms with van der Waals surface area (Å²) >= 11 is 0. The molecule has 0 aliphatic rings. The van der Waals surface area contributed by atoms with E-state index < -0.39 is 0 Å². The lowest BCUT2D eigenvalue weighted by atomic mass is 9.98. The summed E-state index contributed by atoms with van der Waals surface area (Å²) in [6, 6.07) is 37.7. The van der Waals surface area contributed by atoms with Gasteiger partial charge < -0.3 is 0 Å². The predicted molar refractivity (Wildman–Crippen MR) is 135 cm³/mol. The molecule has 0 bridgehead atoms. The van der Waals surface area contributed by atoms with Crippen LogP contribution < -0.4 is 0 Å². The molecule has 0 N–H and O–H groups in total. The Balaban J connectivity index is 1.57. The lowest BCUT2D eigenvalue weighted by Gasteiger charge is -2.10. The molecule has 6 rings (SSSR count). The summed E-state index contributed by atoms with van der Waals surface area (Å²) in [5.74, 6) is 0. The summed E-state index contributed by atoms with van der Waals surface area (Å²) in [7, 11) is 0. The van der Waals surface area contributed by atoms with Crippen LogP contribution in [0.3, 0.4) is 0 Å². The third-order valence-corrected chi connectivity index (χ3v) is 5.85. The lowest BCUT2D eigenvalue weighted by Crippen LogP contribution is -1.90. The van der Waals surface area contributed by atoms with E-state index in [2.05, 4.69) is 103 Å². The smallest absolute Gasteiger partial charge is 0.0722 e. The largest absolute Gasteiger partial charge is 0.248 e. The molecule has 0 fully saturated rings. The first-order chi connectivity index (χ1) is 15.8. The topological polar surface area (TPSA) is 25.8 Å². The van der Waals surface area contributed by atoms with Crippen LogP contribution in [-0.4, -0.2) is 9.97 Å². The Kier molecular flexibility index (Phi) is 4.47. The number of fused-ring (bicyclic) bond motifs is 4. The van der Waals surface area contributed by atoms with Gasteiger partial charge in [-0.25, -0.2) is 9.97 Å². The molecule has 2 nitrogen and oxygen atoms in total. The van der Waals surface area contributed by atoms with Gasteiger partial charge in [0.15, 0.2) is 0 Å². The minimum Gasteiger partial charge on any atom is -0.248 e. The van der Waals surface area contributed by atoms with Crippen LogP contribution >= 0.6 is 0 Å². The monoisotopic (exact) mass is 408 g/mol. The fourth-order valence-electron chi connectivity index (χ4n) is 4.28. The first-order valence-electron chi connectivity index (χ1n) is 10.8. The van der Waals surface area contributed by atoms with E-state index in [1.807, 2.05) is 18.2 Å². The number of hydrogen-bond donors (Lipinski definition) is 0. The molecule has 0 unspecified atom stereocenters. The predicted octanol–water partition coefficient (Wildman–Crippen LogP) is 7.77. The van der Waals surface area contributed by atoms with Crippen molar-refractivity contribution in [3.05, 3.63) is 120 Å². The molecule has 2 aromatic heterocycles. The molecule has 0 aliphatic heterocycles. The number of pyridine rings is 2. The van der Waals surface area contributed by atoms with Gasteiger partial charge in [-0.15, -0.1) is 0 Å². The van der Waals surface area contributed by atoms with E-state index in [9.17, 15) is 0 Å². The average Bonchev–Trinajstić information content (AvgIpc) is 2.87. The quantitative estimate of drug-likeness (QED) is 0.279. The van der Waals surface area contributed by atoms with Gasteiger partial charge in [-0.1, -0.05) is 91.0 Å². The minimum absolute atomic E-state index is 0.940. The fraction of sp³-hybridized carbons (Fsp3) is 0. The Bertz CT molecular complexity index is 1620. The van der Waals surface area contributed by atoms with Crippen LogP contribution in [-0.2, 0) is 0 Å². The van der Waals surface area contributed by atoms with Gasteiger partial charge >= 0.3 is 0 Å². The number of benzene rings is 4. The summed E-state index contributed by atoms with van der Waals surface area (Å²) in [5, 5.41) is 4.74. The first kappa shape index (κ1) is 18.5. The van der Waals surface area contributed by atoms with Crippen LogP contribution in [0.4, 0.5) is 0 Å². The van der Waals surface area contributed by atoms with Crippen molar-refractivity contribution in [3.63, 3.8) is 0 Å². The second kappa shape index (κ2) is 7.75. The van der Waals surface area contributed by atoms with Gasteiger partial charge in [0.2, 0.25) is 0 Å². The zero-order chi connectivity index (χ0) is 21.3. The van der Waals surface area contributed by atoms with Gasteiger partial charge in [0.25, 0.3) is 0 Å². The van der Waals surface area contributed by atoms with Crippen molar-refractivity contribution >= 4 is 44.7 Å². The van der Waals surface area contributed by atoms with Crippen LogP contribution in [0.1, 0.15) is 11.3 Å². The van der Waals surface area contributed by atoms with E-state index in [0.29, 0.717) is 0 Å². The fourth-order valence-corrected chi connectivity index (χ4v) is 4.28. The Hall–Kier alpha value is -4.30. The van der Waals surface area contributed by atoms with Crippen LogP contribution in [0.15, 0.2) is 109 Å². The maximum atomic E-state index is 5.00. The van der Waals surface area contributed by atoms with Gasteiger partial charge in [0.1, 0.15) is 0 Å². The first-order valence-corrected chi connectivity index (χ1v) is 10.8. The maximum absolute atomic E-state index is 5.00. The van der Waals surface area contributed by atoms with E-state index in [1.165, 1.54) is 16.2 Å². The molecule has 32 heavy (non-hydrogen) atoms. The normalized spacial score (nSPS) is 11.6. The Labute approximate surface area is 186 Å². The molecule has 2 heterocycles. The third kappa shape index (κ3) is 3.32. The van der Waals surface area contributed by atoms with Gasteiger partial charge in [0, 0.05) is 16.3 Å². The molecule has 150 valence electrons. The van der Waals surface area contributed by atoms with Gasteiger partial charge in [-0.3, -0.25) is 0 Å². The van der Waals surface area contributed by atoms with Crippen molar-refractivity contribution in [2.75, 3.05) is 0 Å². The molecule has 0 saturated carbocycles. The van der Waals surface area contributed by atoms with E-state index in [4.69, 9.17) is 9.97 Å². The second-order valence-electron chi connectivity index (χ2n) is 7.91. The summed E-state index contributed by atoms with van der Waals surface area (Å²) in [6.07, 6.45) is 4.26. The standard InChI is InChI=1S/C30H20N2/c1-2-9-22(10-3-1)29-20-24(15-18-25-17-14-23-11-5-7-13-27(23)31-25)30-26-12-6-4-8-21(26)16-19-28(30)32-29/h1-20H. The summed E-state index contributed by atoms with van der Waals surface area (Å²) in [4.78, 5) is 9.81. The molecule has 0 radical (unpaired) electrons. The van der Waals surface area contributed by atoms with Gasteiger partial charge in [0.05, 0.1) is 22.4 Å². The Morgan fingerprint density at radius 2 is 1.28 bits per heavy atom. The second-order valence-corrected chi connectivity index (χ2v) is 7.91. The molecule has 6 aromatic rings. The van der Waals surface area contributed by atoms with E-state index in [-0.39, 0.29) is 0 Å². The zero-order valence-electron chi connectivity index (χ0n) is 17.4. The van der Waals surface area contributed by atoms with Crippen molar-refractivity contribution in [1.29, 1.82) is 0 Å². The molecular weight excluding hydrogens is 388 g/mol. The van der Waals surface area contributed by atoms with Crippen LogP contribution in [0, 0.1) is 0 Å². The highest BCUT2D eigenvalue weighted by Crippen LogP contribution is 2.32. The van der Waals surface area contributed by atoms with Gasteiger partial charge in [-0.2, -0.15) is 0 Å². The summed E-state index contributed by atoms with van der Waals surface area (Å²) < 4.78 is 0. The SMILES string of the molecule is C(=Cc1cc(-c2ccccc2)nc2ccc3ccccc3c12)c1ccc2ccccc2n1. The van der Waals surface area contributed by atoms with Crippen molar-refractivity contribution in [1.82, 2.24) is 9.97 Å². The van der Waals surface area contributed by atoms with Crippen molar-refractivity contribution in [2.45, 2.75) is 0 Å². The number of nitrogens with zero attached hydrogens (tertiary/aromatic N) is 2. The molecule has 0 saturated heterocycles. The van der Waals surface area contributed by atoms with Crippen LogP contribution in [0.2, 0.25) is 0 Å². The minimum atomic E-state index is 0.940. The van der Waals surface area contributed by atoms with Crippen molar-refractivity contribution < 1.29 is 0 Å². The molecule has 2 heteroatoms. The summed E-state index contributed by atoms with van der Waals surface area (Å²) in [5.41, 5.74) is 6.16. The highest BCUT2D eigenvalue weighted by atomic mass is 14.7. The number of para-hydroxylation sites is 1. The number of hydrogen-bond acceptors (Lipinski definition) is 2. The molecule has 0 amide bonds. The molecule has 4 aromatic carbocycles. The van der Waals surface area contributed by atoms with E-state index in [0.717, 1.165) is 38.9 Å². The van der Waals surface area contributed by atoms with Crippen LogP contribution in [0.25, 0.3) is 56.0 Å². The van der Waals surface area contributed by atoms with E-state index in [1.54, 1.807) is 0 Å². The lowest BCUT2D eigenvalue weighted by molar-refractivity contribution is 1.37. The highest BCUT2D eigenvalue weighted by Gasteiger charge is 2.09. The van der Waals surface area contributed by atoms with E-state index >= 15 is 0 Å². The Morgan fingerprint density at radius 1 is 0.531 bits per heavy atom. The maximum Gasteiger partial charge on any atom is 0.0722 e. The average molecular weight is 409 g/mol. The Morgan fingerprint density at radius 3 is 2.19 bits per heavy atom. The molecular formula is C30H20N2. The number of rotatable bonds is 3. The third-order valence-electron chi connectivity index (χ3n) is 5.85. The van der Waals surface area contributed by atoms with Gasteiger partial charge in [-0.05, 0) is 46.7 Å². The molecule has 0 aliphatic carbocycles. The highest BCUT2D eigenvalue weighted by molar-refractivity contribution is 6.11. The van der Waals surface area contributed by atoms with Crippen molar-refractivity contribution in [2.24, 2.45) is 0 Å². The molecule has 0 atom stereocenters. The summed E-state index contributed by atoms with van der Waals surface area (Å²) in [6.45, 7) is 0.